The number of aromatic nitrogens is 2. The standard InChI is InChI=1S/C15H20N4O2.ClH/c1-20-13-4-2-12(3-5-13)15-17-14(21-18-15)10-19-7-6-11(8-16)9-19;/h2-5,11H,6-10,16H2,1H3;1H. The first-order valence-corrected chi connectivity index (χ1v) is 7.18. The molecule has 2 N–H and O–H groups in total. The monoisotopic (exact) mass is 324 g/mol. The van der Waals surface area contributed by atoms with Crippen LogP contribution in [0, 0.1) is 5.92 Å². The molecule has 0 aliphatic carbocycles. The first kappa shape index (κ1) is 16.7. The van der Waals surface area contributed by atoms with E-state index in [9.17, 15) is 0 Å². The number of methoxy groups -OCH3 is 1. The van der Waals surface area contributed by atoms with Crippen molar-refractivity contribution in [2.75, 3.05) is 26.7 Å². The fourth-order valence-corrected chi connectivity index (χ4v) is 2.62. The van der Waals surface area contributed by atoms with Crippen LogP contribution in [0.25, 0.3) is 11.4 Å². The Labute approximate surface area is 136 Å². The molecule has 1 fully saturated rings. The molecular formula is C15H21ClN4O2. The average molecular weight is 325 g/mol. The summed E-state index contributed by atoms with van der Waals surface area (Å²) in [5, 5.41) is 4.04. The first-order valence-electron chi connectivity index (χ1n) is 7.18. The first-order chi connectivity index (χ1) is 10.3. The minimum atomic E-state index is 0. The van der Waals surface area contributed by atoms with E-state index < -0.39 is 0 Å². The Balaban J connectivity index is 0.00000176. The molecule has 2 aromatic rings. The van der Waals surface area contributed by atoms with Crippen molar-refractivity contribution < 1.29 is 9.26 Å². The van der Waals surface area contributed by atoms with Gasteiger partial charge in [0.2, 0.25) is 11.7 Å². The van der Waals surface area contributed by atoms with Gasteiger partial charge >= 0.3 is 0 Å². The third-order valence-corrected chi connectivity index (χ3v) is 3.88. The van der Waals surface area contributed by atoms with Gasteiger partial charge in [-0.05, 0) is 49.7 Å². The number of ether oxygens (including phenoxy) is 1. The van der Waals surface area contributed by atoms with Gasteiger partial charge < -0.3 is 15.0 Å². The Morgan fingerprint density at radius 2 is 2.14 bits per heavy atom. The van der Waals surface area contributed by atoms with Gasteiger partial charge in [-0.25, -0.2) is 0 Å². The van der Waals surface area contributed by atoms with E-state index in [0.717, 1.165) is 37.4 Å². The second-order valence-electron chi connectivity index (χ2n) is 5.37. The van der Waals surface area contributed by atoms with Gasteiger partial charge in [0, 0.05) is 12.1 Å². The molecule has 1 aliphatic heterocycles. The van der Waals surface area contributed by atoms with E-state index in [4.69, 9.17) is 15.0 Å². The van der Waals surface area contributed by atoms with Crippen LogP contribution in [0.2, 0.25) is 0 Å². The van der Waals surface area contributed by atoms with Crippen LogP contribution < -0.4 is 10.5 Å². The van der Waals surface area contributed by atoms with Gasteiger partial charge in [0.05, 0.1) is 13.7 Å². The van der Waals surface area contributed by atoms with E-state index >= 15 is 0 Å². The van der Waals surface area contributed by atoms with Crippen molar-refractivity contribution in [1.29, 1.82) is 0 Å². The Kier molecular flexibility index (Phi) is 5.76. The van der Waals surface area contributed by atoms with Crippen LogP contribution in [0.5, 0.6) is 5.75 Å². The maximum atomic E-state index is 5.70. The highest BCUT2D eigenvalue weighted by molar-refractivity contribution is 5.85. The van der Waals surface area contributed by atoms with E-state index in [1.807, 2.05) is 24.3 Å². The summed E-state index contributed by atoms with van der Waals surface area (Å²) in [6, 6.07) is 7.62. The second-order valence-corrected chi connectivity index (χ2v) is 5.37. The topological polar surface area (TPSA) is 77.4 Å². The van der Waals surface area contributed by atoms with Gasteiger partial charge in [0.1, 0.15) is 5.75 Å². The number of rotatable bonds is 5. The van der Waals surface area contributed by atoms with Crippen molar-refractivity contribution in [1.82, 2.24) is 15.0 Å². The van der Waals surface area contributed by atoms with Gasteiger partial charge in [-0.3, -0.25) is 4.90 Å². The van der Waals surface area contributed by atoms with Crippen LogP contribution in [0.4, 0.5) is 0 Å². The SMILES string of the molecule is COc1ccc(-c2noc(CN3CCC(CN)C3)n2)cc1.Cl. The van der Waals surface area contributed by atoms with Gasteiger partial charge in [0.15, 0.2) is 0 Å². The molecule has 0 bridgehead atoms. The Bertz CT molecular complexity index is 587. The third-order valence-electron chi connectivity index (χ3n) is 3.88. The number of benzene rings is 1. The quantitative estimate of drug-likeness (QED) is 0.905. The highest BCUT2D eigenvalue weighted by Gasteiger charge is 2.23. The van der Waals surface area contributed by atoms with E-state index in [1.165, 1.54) is 0 Å². The molecule has 0 saturated carbocycles. The van der Waals surface area contributed by atoms with Crippen molar-refractivity contribution in [2.45, 2.75) is 13.0 Å². The van der Waals surface area contributed by atoms with E-state index in [0.29, 0.717) is 24.2 Å². The molecule has 7 heteroatoms. The van der Waals surface area contributed by atoms with Crippen molar-refractivity contribution in [3.05, 3.63) is 30.2 Å². The molecule has 1 unspecified atom stereocenters. The molecule has 1 atom stereocenters. The van der Waals surface area contributed by atoms with Crippen LogP contribution in [0.3, 0.4) is 0 Å². The Morgan fingerprint density at radius 3 is 2.77 bits per heavy atom. The van der Waals surface area contributed by atoms with E-state index in [1.54, 1.807) is 7.11 Å². The maximum Gasteiger partial charge on any atom is 0.241 e. The van der Waals surface area contributed by atoms with Gasteiger partial charge in [-0.15, -0.1) is 12.4 Å². The molecule has 2 heterocycles. The molecule has 0 amide bonds. The number of halogens is 1. The average Bonchev–Trinajstić information content (AvgIpc) is 3.17. The number of hydrogen-bond donors (Lipinski definition) is 1. The summed E-state index contributed by atoms with van der Waals surface area (Å²) in [4.78, 5) is 6.77. The van der Waals surface area contributed by atoms with Crippen LogP contribution in [-0.2, 0) is 6.54 Å². The van der Waals surface area contributed by atoms with Gasteiger partial charge in [0.25, 0.3) is 0 Å². The zero-order valence-electron chi connectivity index (χ0n) is 12.6. The zero-order valence-corrected chi connectivity index (χ0v) is 13.4. The fourth-order valence-electron chi connectivity index (χ4n) is 2.62. The Morgan fingerprint density at radius 1 is 1.36 bits per heavy atom. The van der Waals surface area contributed by atoms with Gasteiger partial charge in [-0.2, -0.15) is 4.98 Å². The summed E-state index contributed by atoms with van der Waals surface area (Å²) < 4.78 is 10.5. The zero-order chi connectivity index (χ0) is 14.7. The molecule has 3 rings (SSSR count). The molecule has 6 nitrogen and oxygen atoms in total. The molecule has 0 spiro atoms. The lowest BCUT2D eigenvalue weighted by Gasteiger charge is -2.12. The lowest BCUT2D eigenvalue weighted by molar-refractivity contribution is 0.261. The molecule has 1 aromatic heterocycles. The minimum Gasteiger partial charge on any atom is -0.497 e. The Hall–Kier alpha value is -1.63. The lowest BCUT2D eigenvalue weighted by Crippen LogP contribution is -2.22. The summed E-state index contributed by atoms with van der Waals surface area (Å²) in [6.45, 7) is 3.50. The summed E-state index contributed by atoms with van der Waals surface area (Å²) in [7, 11) is 1.64. The maximum absolute atomic E-state index is 5.70. The molecule has 0 radical (unpaired) electrons. The largest absolute Gasteiger partial charge is 0.497 e. The highest BCUT2D eigenvalue weighted by atomic mass is 35.5. The summed E-state index contributed by atoms with van der Waals surface area (Å²) >= 11 is 0. The molecule has 1 aliphatic rings. The molecule has 120 valence electrons. The molecule has 22 heavy (non-hydrogen) atoms. The molecular weight excluding hydrogens is 304 g/mol. The fraction of sp³-hybridized carbons (Fsp3) is 0.467. The predicted octanol–water partition coefficient (Wildman–Crippen LogP) is 1.95. The van der Waals surface area contributed by atoms with E-state index in [2.05, 4.69) is 15.0 Å². The van der Waals surface area contributed by atoms with Crippen molar-refractivity contribution in [2.24, 2.45) is 11.7 Å². The minimum absolute atomic E-state index is 0. The summed E-state index contributed by atoms with van der Waals surface area (Å²) in [6.07, 6.45) is 1.15. The van der Waals surface area contributed by atoms with Crippen molar-refractivity contribution >= 4 is 12.4 Å². The van der Waals surface area contributed by atoms with Crippen LogP contribution >= 0.6 is 12.4 Å². The van der Waals surface area contributed by atoms with Crippen LogP contribution in [0.15, 0.2) is 28.8 Å². The number of likely N-dealkylation sites (tertiary alicyclic amines) is 1. The van der Waals surface area contributed by atoms with Crippen LogP contribution in [0.1, 0.15) is 12.3 Å². The lowest BCUT2D eigenvalue weighted by atomic mass is 10.1. The molecule has 1 aromatic carbocycles. The molecule has 1 saturated heterocycles. The van der Waals surface area contributed by atoms with Crippen molar-refractivity contribution in [3.8, 4) is 17.1 Å². The third kappa shape index (κ3) is 3.76. The second kappa shape index (κ2) is 7.58. The highest BCUT2D eigenvalue weighted by Crippen LogP contribution is 2.21. The van der Waals surface area contributed by atoms with Crippen molar-refractivity contribution in [3.63, 3.8) is 0 Å². The number of nitrogens with two attached hydrogens (primary N) is 1. The van der Waals surface area contributed by atoms with Crippen LogP contribution in [-0.4, -0.2) is 41.8 Å². The number of hydrogen-bond acceptors (Lipinski definition) is 6. The van der Waals surface area contributed by atoms with Gasteiger partial charge in [-0.1, -0.05) is 5.16 Å². The number of nitrogens with zero attached hydrogens (tertiary/aromatic N) is 3. The summed E-state index contributed by atoms with van der Waals surface area (Å²) in [5.74, 6) is 2.67. The normalized spacial score (nSPS) is 18.2. The van der Waals surface area contributed by atoms with E-state index in [-0.39, 0.29) is 12.4 Å². The summed E-state index contributed by atoms with van der Waals surface area (Å²) in [5.41, 5.74) is 6.63. The smallest absolute Gasteiger partial charge is 0.241 e. The predicted molar refractivity (Wildman–Crippen MR) is 86.0 cm³/mol.